The van der Waals surface area contributed by atoms with E-state index in [9.17, 15) is 4.79 Å². The number of benzene rings is 1. The third-order valence-corrected chi connectivity index (χ3v) is 1.83. The van der Waals surface area contributed by atoms with Crippen molar-refractivity contribution in [2.24, 2.45) is 0 Å². The molecule has 12 heavy (non-hydrogen) atoms. The summed E-state index contributed by atoms with van der Waals surface area (Å²) in [7, 11) is 3.62. The van der Waals surface area contributed by atoms with Gasteiger partial charge in [0.15, 0.2) is 6.29 Å². The molecular weight excluding hydrogens is 151 g/mol. The summed E-state index contributed by atoms with van der Waals surface area (Å²) in [5, 5.41) is 0. The maximum atomic E-state index is 10.6. The van der Waals surface area contributed by atoms with Gasteiger partial charge in [-0.2, -0.15) is 0 Å². The number of aldehydes is 1. The molecule has 0 N–H and O–H groups in total. The first-order valence-electron chi connectivity index (χ1n) is 3.94. The molecule has 0 fully saturated rings. The molecule has 0 atom stereocenters. The Morgan fingerprint density at radius 2 is 2.33 bits per heavy atom. The highest BCUT2D eigenvalue weighted by Crippen LogP contribution is 2.17. The third kappa shape index (κ3) is 1.67. The van der Waals surface area contributed by atoms with Gasteiger partial charge in [-0.3, -0.25) is 4.79 Å². The molecule has 62 valence electrons. The summed E-state index contributed by atoms with van der Waals surface area (Å²) >= 11 is 0. The summed E-state index contributed by atoms with van der Waals surface area (Å²) < 4.78 is 5.00. The van der Waals surface area contributed by atoms with E-state index in [1.54, 1.807) is 7.11 Å². The van der Waals surface area contributed by atoms with Crippen molar-refractivity contribution in [3.05, 3.63) is 29.3 Å². The Bertz CT molecular complexity index is 284. The molecule has 1 aromatic carbocycles. The minimum absolute atomic E-state index is 0.622. The van der Waals surface area contributed by atoms with Gasteiger partial charge in [0.1, 0.15) is 13.6 Å². The van der Waals surface area contributed by atoms with E-state index in [1.807, 2.05) is 18.2 Å². The van der Waals surface area contributed by atoms with Crippen LogP contribution in [-0.2, 0) is 6.32 Å². The predicted octanol–water partition coefficient (Wildman–Crippen LogP) is 0.641. The molecule has 0 aromatic heterocycles. The molecule has 3 heteroatoms. The van der Waals surface area contributed by atoms with Gasteiger partial charge in [-0.25, -0.2) is 0 Å². The quantitative estimate of drug-likeness (QED) is 0.481. The van der Waals surface area contributed by atoms with Gasteiger partial charge in [0, 0.05) is 0 Å². The highest BCUT2D eigenvalue weighted by atomic mass is 16.5. The summed E-state index contributed by atoms with van der Waals surface area (Å²) in [6.07, 6.45) is 1.75. The third-order valence-electron chi connectivity index (χ3n) is 1.83. The molecule has 0 saturated heterocycles. The van der Waals surface area contributed by atoms with E-state index in [0.717, 1.165) is 18.2 Å². The van der Waals surface area contributed by atoms with Crippen LogP contribution in [0.2, 0.25) is 0 Å². The van der Waals surface area contributed by atoms with Crippen molar-refractivity contribution in [1.82, 2.24) is 0 Å². The monoisotopic (exact) mass is 162 g/mol. The van der Waals surface area contributed by atoms with Gasteiger partial charge in [-0.15, -0.1) is 0 Å². The van der Waals surface area contributed by atoms with E-state index in [1.165, 1.54) is 0 Å². The molecule has 0 amide bonds. The molecule has 0 unspecified atom stereocenters. The number of rotatable bonds is 3. The van der Waals surface area contributed by atoms with Crippen molar-refractivity contribution in [3.63, 3.8) is 0 Å². The van der Waals surface area contributed by atoms with Crippen LogP contribution >= 0.6 is 0 Å². The van der Waals surface area contributed by atoms with Gasteiger partial charge >= 0.3 is 0 Å². The SMILES string of the molecule is BCc1ccc(OC)c(C=O)c1. The average Bonchev–Trinajstić information content (AvgIpc) is 2.16. The normalized spacial score (nSPS) is 9.42. The fourth-order valence-electron chi connectivity index (χ4n) is 1.10. The molecule has 0 aliphatic rings. The van der Waals surface area contributed by atoms with E-state index in [2.05, 4.69) is 7.85 Å². The average molecular weight is 162 g/mol. The number of methoxy groups -OCH3 is 1. The van der Waals surface area contributed by atoms with E-state index in [0.29, 0.717) is 11.3 Å². The Morgan fingerprint density at radius 1 is 1.58 bits per heavy atom. The maximum absolute atomic E-state index is 10.6. The summed E-state index contributed by atoms with van der Waals surface area (Å²) in [5.74, 6) is 0.641. The molecule has 0 radical (unpaired) electrons. The summed E-state index contributed by atoms with van der Waals surface area (Å²) in [4.78, 5) is 10.6. The van der Waals surface area contributed by atoms with E-state index < -0.39 is 0 Å². The molecule has 1 rings (SSSR count). The van der Waals surface area contributed by atoms with E-state index >= 15 is 0 Å². The smallest absolute Gasteiger partial charge is 0.153 e. The first-order chi connectivity index (χ1) is 5.81. The van der Waals surface area contributed by atoms with Gasteiger partial charge < -0.3 is 4.74 Å². The van der Waals surface area contributed by atoms with Crippen molar-refractivity contribution in [1.29, 1.82) is 0 Å². The summed E-state index contributed by atoms with van der Waals surface area (Å²) in [6.45, 7) is 0. The second-order valence-electron chi connectivity index (χ2n) is 2.55. The highest BCUT2D eigenvalue weighted by molar-refractivity contribution is 6.08. The van der Waals surface area contributed by atoms with Crippen LogP contribution in [0.5, 0.6) is 5.75 Å². The van der Waals surface area contributed by atoms with Crippen LogP contribution in [0, 0.1) is 0 Å². The largest absolute Gasteiger partial charge is 0.496 e. The highest BCUT2D eigenvalue weighted by Gasteiger charge is 2.01. The molecule has 0 heterocycles. The minimum Gasteiger partial charge on any atom is -0.496 e. The van der Waals surface area contributed by atoms with Gasteiger partial charge in [-0.05, 0) is 12.1 Å². The van der Waals surface area contributed by atoms with Gasteiger partial charge in [0.05, 0.1) is 12.7 Å². The van der Waals surface area contributed by atoms with Gasteiger partial charge in [0.2, 0.25) is 0 Å². The van der Waals surface area contributed by atoms with Crippen molar-refractivity contribution in [2.75, 3.05) is 7.11 Å². The number of carbonyl (C=O) groups excluding carboxylic acids is 1. The van der Waals surface area contributed by atoms with Crippen molar-refractivity contribution in [3.8, 4) is 5.75 Å². The van der Waals surface area contributed by atoms with Crippen LogP contribution in [0.25, 0.3) is 0 Å². The van der Waals surface area contributed by atoms with Crippen LogP contribution in [0.4, 0.5) is 0 Å². The summed E-state index contributed by atoms with van der Waals surface area (Å²) in [6, 6.07) is 5.64. The van der Waals surface area contributed by atoms with Gasteiger partial charge in [0.25, 0.3) is 0 Å². The Balaban J connectivity index is 3.10. The van der Waals surface area contributed by atoms with Crippen molar-refractivity contribution >= 4 is 14.1 Å². The lowest BCUT2D eigenvalue weighted by Crippen LogP contribution is -1.92. The molecule has 0 bridgehead atoms. The lowest BCUT2D eigenvalue weighted by Gasteiger charge is -2.04. The Hall–Kier alpha value is -1.25. The first-order valence-corrected chi connectivity index (χ1v) is 3.94. The van der Waals surface area contributed by atoms with Crippen molar-refractivity contribution in [2.45, 2.75) is 6.32 Å². The number of hydrogen-bond acceptors (Lipinski definition) is 2. The zero-order chi connectivity index (χ0) is 8.97. The number of hydrogen-bond donors (Lipinski definition) is 0. The molecule has 0 saturated carbocycles. The molecule has 0 aliphatic heterocycles. The predicted molar refractivity (Wildman–Crippen MR) is 50.6 cm³/mol. The lowest BCUT2D eigenvalue weighted by molar-refractivity contribution is 0.112. The fraction of sp³-hybridized carbons (Fsp3) is 0.222. The second-order valence-corrected chi connectivity index (χ2v) is 2.55. The Kier molecular flexibility index (Phi) is 2.91. The second kappa shape index (κ2) is 3.95. The molecular formula is C9H11BO2. The van der Waals surface area contributed by atoms with Crippen molar-refractivity contribution < 1.29 is 9.53 Å². The van der Waals surface area contributed by atoms with E-state index in [-0.39, 0.29) is 0 Å². The zero-order valence-corrected chi connectivity index (χ0v) is 7.33. The Labute approximate surface area is 73.0 Å². The lowest BCUT2D eigenvalue weighted by atomic mass is 9.95. The molecule has 0 aliphatic carbocycles. The minimum atomic E-state index is 0.622. The number of ether oxygens (including phenoxy) is 1. The van der Waals surface area contributed by atoms with Crippen LogP contribution in [0.1, 0.15) is 15.9 Å². The van der Waals surface area contributed by atoms with E-state index in [4.69, 9.17) is 4.74 Å². The molecule has 2 nitrogen and oxygen atoms in total. The number of carbonyl (C=O) groups is 1. The Morgan fingerprint density at radius 3 is 2.83 bits per heavy atom. The van der Waals surface area contributed by atoms with Crippen LogP contribution in [0.3, 0.4) is 0 Å². The fourth-order valence-corrected chi connectivity index (χ4v) is 1.10. The van der Waals surface area contributed by atoms with Crippen LogP contribution in [0.15, 0.2) is 18.2 Å². The standard InChI is InChI=1S/C9H11BO2/c1-12-9-3-2-7(5-10)4-8(9)6-11/h2-4,6H,5,10H2,1H3. The topological polar surface area (TPSA) is 26.3 Å². The van der Waals surface area contributed by atoms with Crippen LogP contribution in [-0.4, -0.2) is 21.2 Å². The molecule has 1 aromatic rings. The van der Waals surface area contributed by atoms with Crippen LogP contribution < -0.4 is 4.74 Å². The summed E-state index contributed by atoms with van der Waals surface area (Å²) in [5.41, 5.74) is 1.77. The zero-order valence-electron chi connectivity index (χ0n) is 7.33. The molecule has 0 spiro atoms. The maximum Gasteiger partial charge on any atom is 0.153 e. The van der Waals surface area contributed by atoms with Gasteiger partial charge in [-0.1, -0.05) is 17.9 Å². The first kappa shape index (κ1) is 8.85.